The lowest BCUT2D eigenvalue weighted by Crippen LogP contribution is -2.34. The van der Waals surface area contributed by atoms with Crippen molar-refractivity contribution < 1.29 is 4.74 Å². The molecular formula is C14H19ClN4O. The van der Waals surface area contributed by atoms with Crippen molar-refractivity contribution in [2.24, 2.45) is 0 Å². The second-order valence-corrected chi connectivity index (χ2v) is 4.89. The highest BCUT2D eigenvalue weighted by Crippen LogP contribution is 2.17. The third-order valence-electron chi connectivity index (χ3n) is 3.08. The number of aryl methyl sites for hydroxylation is 1. The Morgan fingerprint density at radius 3 is 3.00 bits per heavy atom. The van der Waals surface area contributed by atoms with E-state index >= 15 is 0 Å². The highest BCUT2D eigenvalue weighted by atomic mass is 35.5. The van der Waals surface area contributed by atoms with Crippen LogP contribution in [0.25, 0.3) is 0 Å². The second kappa shape index (κ2) is 7.26. The van der Waals surface area contributed by atoms with Crippen LogP contribution in [0.1, 0.15) is 12.7 Å². The molecule has 0 aliphatic heterocycles. The molecule has 0 aliphatic rings. The minimum Gasteiger partial charge on any atom is -0.492 e. The molecule has 2 rings (SSSR count). The zero-order valence-electron chi connectivity index (χ0n) is 11.7. The monoisotopic (exact) mass is 294 g/mol. The standard InChI is InChI=1S/C14H19ClN4O/c1-3-19-14(17-10-18-19)8-12(16-2)9-20-13-6-4-5-11(15)7-13/h4-7,10,12,16H,3,8-9H2,1-2H3. The molecule has 0 fully saturated rings. The normalized spacial score (nSPS) is 12.3. The van der Waals surface area contributed by atoms with Crippen molar-refractivity contribution in [3.63, 3.8) is 0 Å². The molecule has 0 aliphatic carbocycles. The van der Waals surface area contributed by atoms with Gasteiger partial charge in [-0.1, -0.05) is 17.7 Å². The maximum Gasteiger partial charge on any atom is 0.138 e. The van der Waals surface area contributed by atoms with Crippen molar-refractivity contribution in [3.05, 3.63) is 41.4 Å². The van der Waals surface area contributed by atoms with Crippen LogP contribution in [0.5, 0.6) is 5.75 Å². The lowest BCUT2D eigenvalue weighted by molar-refractivity contribution is 0.267. The van der Waals surface area contributed by atoms with Crippen LogP contribution < -0.4 is 10.1 Å². The number of benzene rings is 1. The molecule has 0 radical (unpaired) electrons. The van der Waals surface area contributed by atoms with E-state index in [2.05, 4.69) is 22.3 Å². The molecule has 0 spiro atoms. The highest BCUT2D eigenvalue weighted by Gasteiger charge is 2.12. The summed E-state index contributed by atoms with van der Waals surface area (Å²) in [5.41, 5.74) is 0. The molecule has 0 saturated carbocycles. The van der Waals surface area contributed by atoms with Gasteiger partial charge in [0.25, 0.3) is 0 Å². The van der Waals surface area contributed by atoms with Gasteiger partial charge in [-0.3, -0.25) is 4.68 Å². The first-order chi connectivity index (χ1) is 9.72. The largest absolute Gasteiger partial charge is 0.492 e. The topological polar surface area (TPSA) is 52.0 Å². The van der Waals surface area contributed by atoms with Gasteiger partial charge < -0.3 is 10.1 Å². The molecule has 5 nitrogen and oxygen atoms in total. The van der Waals surface area contributed by atoms with Gasteiger partial charge in [0.1, 0.15) is 24.5 Å². The Balaban J connectivity index is 1.92. The summed E-state index contributed by atoms with van der Waals surface area (Å²) in [6, 6.07) is 7.58. The van der Waals surface area contributed by atoms with E-state index < -0.39 is 0 Å². The van der Waals surface area contributed by atoms with Crippen LogP contribution in [0.2, 0.25) is 5.02 Å². The van der Waals surface area contributed by atoms with Crippen LogP contribution in [0.15, 0.2) is 30.6 Å². The predicted octanol–water partition coefficient (Wildman–Crippen LogP) is 2.16. The maximum absolute atomic E-state index is 5.93. The molecule has 0 saturated heterocycles. The van der Waals surface area contributed by atoms with Gasteiger partial charge >= 0.3 is 0 Å². The number of ether oxygens (including phenoxy) is 1. The smallest absolute Gasteiger partial charge is 0.138 e. The zero-order chi connectivity index (χ0) is 14.4. The minimum atomic E-state index is 0.170. The Hall–Kier alpha value is -1.59. The van der Waals surface area contributed by atoms with Crippen molar-refractivity contribution >= 4 is 11.6 Å². The first-order valence-electron chi connectivity index (χ1n) is 6.65. The lowest BCUT2D eigenvalue weighted by Gasteiger charge is -2.17. The van der Waals surface area contributed by atoms with Crippen LogP contribution in [-0.4, -0.2) is 34.5 Å². The molecule has 1 aromatic heterocycles. The van der Waals surface area contributed by atoms with Gasteiger partial charge in [0.05, 0.1) is 0 Å². The van der Waals surface area contributed by atoms with E-state index in [-0.39, 0.29) is 6.04 Å². The van der Waals surface area contributed by atoms with Gasteiger partial charge in [0.2, 0.25) is 0 Å². The van der Waals surface area contributed by atoms with E-state index in [0.29, 0.717) is 11.6 Å². The van der Waals surface area contributed by atoms with E-state index in [1.165, 1.54) is 0 Å². The quantitative estimate of drug-likeness (QED) is 0.850. The molecule has 1 unspecified atom stereocenters. The van der Waals surface area contributed by atoms with E-state index in [1.807, 2.05) is 36.0 Å². The summed E-state index contributed by atoms with van der Waals surface area (Å²) in [7, 11) is 1.92. The molecule has 108 valence electrons. The fourth-order valence-corrected chi connectivity index (χ4v) is 2.11. The Bertz CT molecular complexity index is 543. The van der Waals surface area contributed by atoms with Crippen molar-refractivity contribution in [2.45, 2.75) is 25.9 Å². The Morgan fingerprint density at radius 2 is 2.30 bits per heavy atom. The Labute approximate surface area is 123 Å². The number of nitrogens with one attached hydrogen (secondary N) is 1. The van der Waals surface area contributed by atoms with Gasteiger partial charge in [0, 0.05) is 24.0 Å². The van der Waals surface area contributed by atoms with Gasteiger partial charge in [-0.25, -0.2) is 4.98 Å². The fourth-order valence-electron chi connectivity index (χ4n) is 1.93. The van der Waals surface area contributed by atoms with E-state index in [0.717, 1.165) is 24.5 Å². The molecule has 20 heavy (non-hydrogen) atoms. The molecule has 0 amide bonds. The number of nitrogens with zero attached hydrogens (tertiary/aromatic N) is 3. The SMILES string of the molecule is CCn1ncnc1CC(COc1cccc(Cl)c1)NC. The highest BCUT2D eigenvalue weighted by molar-refractivity contribution is 6.30. The molecule has 2 aromatic rings. The van der Waals surface area contributed by atoms with Crippen LogP contribution in [0, 0.1) is 0 Å². The van der Waals surface area contributed by atoms with Crippen LogP contribution in [0.4, 0.5) is 0 Å². The predicted molar refractivity (Wildman–Crippen MR) is 79.2 cm³/mol. The number of hydrogen-bond acceptors (Lipinski definition) is 4. The first-order valence-corrected chi connectivity index (χ1v) is 7.03. The zero-order valence-corrected chi connectivity index (χ0v) is 12.5. The summed E-state index contributed by atoms with van der Waals surface area (Å²) >= 11 is 5.93. The molecule has 1 aromatic carbocycles. The summed E-state index contributed by atoms with van der Waals surface area (Å²) in [6.07, 6.45) is 2.36. The molecule has 1 heterocycles. The van der Waals surface area contributed by atoms with E-state index in [4.69, 9.17) is 16.3 Å². The van der Waals surface area contributed by atoms with Gasteiger partial charge in [0.15, 0.2) is 0 Å². The summed E-state index contributed by atoms with van der Waals surface area (Å²) in [5.74, 6) is 1.73. The van der Waals surface area contributed by atoms with E-state index in [1.54, 1.807) is 6.33 Å². The van der Waals surface area contributed by atoms with Gasteiger partial charge in [-0.15, -0.1) is 0 Å². The van der Waals surface area contributed by atoms with Crippen molar-refractivity contribution in [1.29, 1.82) is 0 Å². The fraction of sp³-hybridized carbons (Fsp3) is 0.429. The number of aromatic nitrogens is 3. The molecular weight excluding hydrogens is 276 g/mol. The van der Waals surface area contributed by atoms with Crippen molar-refractivity contribution in [1.82, 2.24) is 20.1 Å². The van der Waals surface area contributed by atoms with Crippen molar-refractivity contribution in [3.8, 4) is 5.75 Å². The number of hydrogen-bond donors (Lipinski definition) is 1. The number of rotatable bonds is 7. The molecule has 6 heteroatoms. The van der Waals surface area contributed by atoms with Gasteiger partial charge in [-0.05, 0) is 32.2 Å². The average molecular weight is 295 g/mol. The third-order valence-corrected chi connectivity index (χ3v) is 3.31. The minimum absolute atomic E-state index is 0.170. The summed E-state index contributed by atoms with van der Waals surface area (Å²) < 4.78 is 7.65. The van der Waals surface area contributed by atoms with Crippen LogP contribution >= 0.6 is 11.6 Å². The molecule has 1 N–H and O–H groups in total. The summed E-state index contributed by atoms with van der Waals surface area (Å²) in [5, 5.41) is 8.08. The maximum atomic E-state index is 5.93. The Morgan fingerprint density at radius 1 is 1.45 bits per heavy atom. The molecule has 0 bridgehead atoms. The first kappa shape index (κ1) is 14.8. The summed E-state index contributed by atoms with van der Waals surface area (Å²) in [6.45, 7) is 3.42. The van der Waals surface area contributed by atoms with Crippen LogP contribution in [-0.2, 0) is 13.0 Å². The summed E-state index contributed by atoms with van der Waals surface area (Å²) in [4.78, 5) is 4.28. The molecule has 1 atom stereocenters. The number of likely N-dealkylation sites (N-methyl/N-ethyl adjacent to an activating group) is 1. The Kier molecular flexibility index (Phi) is 5.38. The average Bonchev–Trinajstić information content (AvgIpc) is 2.90. The second-order valence-electron chi connectivity index (χ2n) is 4.45. The van der Waals surface area contributed by atoms with E-state index in [9.17, 15) is 0 Å². The van der Waals surface area contributed by atoms with Gasteiger partial charge in [-0.2, -0.15) is 5.10 Å². The number of halogens is 1. The lowest BCUT2D eigenvalue weighted by atomic mass is 10.2. The van der Waals surface area contributed by atoms with Crippen LogP contribution in [0.3, 0.4) is 0 Å². The third kappa shape index (κ3) is 3.95. The van der Waals surface area contributed by atoms with Crippen molar-refractivity contribution in [2.75, 3.05) is 13.7 Å².